The normalized spacial score (nSPS) is 17.0. The van der Waals surface area contributed by atoms with E-state index in [9.17, 15) is 9.59 Å². The van der Waals surface area contributed by atoms with E-state index in [0.717, 1.165) is 24.0 Å². The predicted molar refractivity (Wildman–Crippen MR) is 117 cm³/mol. The lowest BCUT2D eigenvalue weighted by Gasteiger charge is -2.42. The van der Waals surface area contributed by atoms with Gasteiger partial charge in [0.1, 0.15) is 0 Å². The summed E-state index contributed by atoms with van der Waals surface area (Å²) in [5.41, 5.74) is 5.07. The molecule has 0 amide bonds. The van der Waals surface area contributed by atoms with Crippen molar-refractivity contribution >= 4 is 17.8 Å². The van der Waals surface area contributed by atoms with Crippen LogP contribution in [0, 0.1) is 0 Å². The van der Waals surface area contributed by atoms with Gasteiger partial charge in [0.25, 0.3) is 0 Å². The van der Waals surface area contributed by atoms with Gasteiger partial charge in [-0.1, -0.05) is 64.1 Å². The number of carbonyl (C=O) groups is 2. The largest absolute Gasteiger partial charge is 0.463 e. The van der Waals surface area contributed by atoms with Gasteiger partial charge >= 0.3 is 5.97 Å². The molecule has 1 aliphatic carbocycles. The molecular weight excluding hydrogens is 360 g/mol. The van der Waals surface area contributed by atoms with Gasteiger partial charge in [-0.15, -0.1) is 0 Å². The van der Waals surface area contributed by atoms with Crippen LogP contribution in [-0.2, 0) is 20.4 Å². The number of benzene rings is 2. The summed E-state index contributed by atoms with van der Waals surface area (Å²) in [6.07, 6.45) is 5.36. The lowest BCUT2D eigenvalue weighted by molar-refractivity contribution is -0.137. The van der Waals surface area contributed by atoms with Crippen LogP contribution in [0.1, 0.15) is 80.1 Å². The number of rotatable bonds is 5. The summed E-state index contributed by atoms with van der Waals surface area (Å²) in [5.74, 6) is -0.347. The summed E-state index contributed by atoms with van der Waals surface area (Å²) in [4.78, 5) is 24.5. The zero-order valence-electron chi connectivity index (χ0n) is 18.0. The van der Waals surface area contributed by atoms with E-state index in [1.165, 1.54) is 17.2 Å². The van der Waals surface area contributed by atoms with Crippen molar-refractivity contribution < 1.29 is 14.3 Å². The highest BCUT2D eigenvalue weighted by Gasteiger charge is 2.37. The zero-order chi connectivity index (χ0) is 21.2. The molecule has 1 aliphatic rings. The van der Waals surface area contributed by atoms with E-state index in [1.807, 2.05) is 30.3 Å². The van der Waals surface area contributed by atoms with E-state index in [-0.39, 0.29) is 22.6 Å². The minimum Gasteiger partial charge on any atom is -0.463 e. The maximum atomic E-state index is 13.1. The number of ketones is 1. The number of fused-ring (bicyclic) bond motifs is 1. The topological polar surface area (TPSA) is 43.4 Å². The molecule has 2 aromatic rings. The Bertz CT molecular complexity index is 946. The Morgan fingerprint density at radius 1 is 0.897 bits per heavy atom. The fourth-order valence-corrected chi connectivity index (χ4v) is 4.00. The number of ether oxygens (including phenoxy) is 1. The molecule has 0 saturated carbocycles. The first kappa shape index (κ1) is 21.0. The molecule has 0 N–H and O–H groups in total. The van der Waals surface area contributed by atoms with Crippen LogP contribution in [0.4, 0.5) is 0 Å². The van der Waals surface area contributed by atoms with Crippen molar-refractivity contribution in [3.05, 3.63) is 76.4 Å². The van der Waals surface area contributed by atoms with Crippen molar-refractivity contribution in [1.82, 2.24) is 0 Å². The number of hydrogen-bond donors (Lipinski definition) is 0. The van der Waals surface area contributed by atoms with Crippen LogP contribution in [0.25, 0.3) is 6.08 Å². The highest BCUT2D eigenvalue weighted by molar-refractivity contribution is 6.09. The first-order valence-corrected chi connectivity index (χ1v) is 10.3. The quantitative estimate of drug-likeness (QED) is 0.366. The monoisotopic (exact) mass is 390 g/mol. The molecule has 2 aromatic carbocycles. The Morgan fingerprint density at radius 2 is 1.48 bits per heavy atom. The van der Waals surface area contributed by atoms with E-state index in [0.29, 0.717) is 12.2 Å². The van der Waals surface area contributed by atoms with Gasteiger partial charge in [0.15, 0.2) is 5.78 Å². The van der Waals surface area contributed by atoms with Crippen LogP contribution >= 0.6 is 0 Å². The Hall–Kier alpha value is -2.68. The van der Waals surface area contributed by atoms with Gasteiger partial charge in [-0.05, 0) is 59.4 Å². The van der Waals surface area contributed by atoms with Crippen LogP contribution in [0.5, 0.6) is 0 Å². The molecule has 0 unspecified atom stereocenters. The van der Waals surface area contributed by atoms with E-state index in [2.05, 4.69) is 39.8 Å². The first-order chi connectivity index (χ1) is 13.6. The third kappa shape index (κ3) is 4.50. The number of hydrogen-bond acceptors (Lipinski definition) is 3. The van der Waals surface area contributed by atoms with E-state index < -0.39 is 0 Å². The summed E-state index contributed by atoms with van der Waals surface area (Å²) in [6.45, 7) is 11.2. The molecule has 0 saturated heterocycles. The SMILES string of the molecule is CCOC(=O)C=Cc1ccc(C(=O)c2ccc3c(c2)C(C)(C)CCC3(C)C)cc1. The maximum absolute atomic E-state index is 13.1. The van der Waals surface area contributed by atoms with Crippen molar-refractivity contribution in [3.63, 3.8) is 0 Å². The van der Waals surface area contributed by atoms with Crippen LogP contribution in [-0.4, -0.2) is 18.4 Å². The second-order valence-corrected chi connectivity index (χ2v) is 9.06. The molecule has 0 radical (unpaired) electrons. The third-order valence-corrected chi connectivity index (χ3v) is 5.99. The Balaban J connectivity index is 1.85. The molecule has 0 bridgehead atoms. The summed E-state index contributed by atoms with van der Waals surface area (Å²) in [6, 6.07) is 13.5. The summed E-state index contributed by atoms with van der Waals surface area (Å²) in [7, 11) is 0. The molecule has 0 aromatic heterocycles. The van der Waals surface area contributed by atoms with Crippen molar-refractivity contribution in [3.8, 4) is 0 Å². The predicted octanol–water partition coefficient (Wildman–Crippen LogP) is 5.84. The minimum atomic E-state index is -0.368. The van der Waals surface area contributed by atoms with Gasteiger partial charge in [-0.25, -0.2) is 4.79 Å². The molecule has 0 spiro atoms. The molecule has 29 heavy (non-hydrogen) atoms. The molecule has 152 valence electrons. The summed E-state index contributed by atoms with van der Waals surface area (Å²) < 4.78 is 4.88. The van der Waals surface area contributed by atoms with Crippen LogP contribution < -0.4 is 0 Å². The fraction of sp³-hybridized carbons (Fsp3) is 0.385. The second-order valence-electron chi connectivity index (χ2n) is 9.06. The van der Waals surface area contributed by atoms with E-state index in [4.69, 9.17) is 4.74 Å². The van der Waals surface area contributed by atoms with Crippen LogP contribution in [0.3, 0.4) is 0 Å². The average molecular weight is 391 g/mol. The van der Waals surface area contributed by atoms with Gasteiger partial charge < -0.3 is 4.74 Å². The van der Waals surface area contributed by atoms with Crippen molar-refractivity contribution in [2.45, 2.75) is 58.3 Å². The van der Waals surface area contributed by atoms with Crippen LogP contribution in [0.2, 0.25) is 0 Å². The highest BCUT2D eigenvalue weighted by Crippen LogP contribution is 2.46. The molecule has 0 fully saturated rings. The fourth-order valence-electron chi connectivity index (χ4n) is 4.00. The highest BCUT2D eigenvalue weighted by atomic mass is 16.5. The average Bonchev–Trinajstić information content (AvgIpc) is 2.70. The second kappa shape index (κ2) is 7.98. The van der Waals surface area contributed by atoms with Gasteiger partial charge in [0.2, 0.25) is 0 Å². The maximum Gasteiger partial charge on any atom is 0.330 e. The van der Waals surface area contributed by atoms with E-state index >= 15 is 0 Å². The third-order valence-electron chi connectivity index (χ3n) is 5.99. The van der Waals surface area contributed by atoms with Gasteiger partial charge in [0, 0.05) is 17.2 Å². The van der Waals surface area contributed by atoms with Crippen molar-refractivity contribution in [2.24, 2.45) is 0 Å². The lowest BCUT2D eigenvalue weighted by atomic mass is 9.63. The molecule has 0 atom stereocenters. The van der Waals surface area contributed by atoms with Gasteiger partial charge in [-0.2, -0.15) is 0 Å². The molecule has 3 rings (SSSR count). The van der Waals surface area contributed by atoms with Crippen molar-refractivity contribution in [2.75, 3.05) is 6.61 Å². The summed E-state index contributed by atoms with van der Waals surface area (Å²) >= 11 is 0. The molecule has 3 nitrogen and oxygen atoms in total. The smallest absolute Gasteiger partial charge is 0.330 e. The Labute approximate surface area is 173 Å². The lowest BCUT2D eigenvalue weighted by Crippen LogP contribution is -2.34. The Morgan fingerprint density at radius 3 is 2.10 bits per heavy atom. The molecule has 0 heterocycles. The van der Waals surface area contributed by atoms with Crippen molar-refractivity contribution in [1.29, 1.82) is 0 Å². The van der Waals surface area contributed by atoms with Gasteiger partial charge in [0.05, 0.1) is 6.61 Å². The molecule has 0 aliphatic heterocycles. The minimum absolute atomic E-state index is 0.0212. The first-order valence-electron chi connectivity index (χ1n) is 10.3. The van der Waals surface area contributed by atoms with E-state index in [1.54, 1.807) is 13.0 Å². The van der Waals surface area contributed by atoms with Gasteiger partial charge in [-0.3, -0.25) is 4.79 Å². The Kier molecular flexibility index (Phi) is 5.79. The van der Waals surface area contributed by atoms with Crippen LogP contribution in [0.15, 0.2) is 48.5 Å². The number of carbonyl (C=O) groups excluding carboxylic acids is 2. The molecule has 3 heteroatoms. The standard InChI is InChI=1S/C26H30O3/c1-6-29-23(27)14-9-18-7-10-19(11-8-18)24(28)20-12-13-21-22(17-20)26(4,5)16-15-25(21,2)3/h7-14,17H,6,15-16H2,1-5H3. The number of esters is 1. The summed E-state index contributed by atoms with van der Waals surface area (Å²) in [5, 5.41) is 0. The zero-order valence-corrected chi connectivity index (χ0v) is 18.0. The molecular formula is C26H30O3.